The molecule has 0 aromatic heterocycles. The third-order valence-corrected chi connectivity index (χ3v) is 5.53. The van der Waals surface area contributed by atoms with Gasteiger partial charge in [-0.2, -0.15) is 0 Å². The maximum absolute atomic E-state index is 5.63. The Balaban J connectivity index is 2.97. The molecule has 3 heteroatoms. The summed E-state index contributed by atoms with van der Waals surface area (Å²) in [6, 6.07) is 0. The highest BCUT2D eigenvalue weighted by Gasteiger charge is 1.95. The summed E-state index contributed by atoms with van der Waals surface area (Å²) in [4.78, 5) is 0. The van der Waals surface area contributed by atoms with Crippen molar-refractivity contribution in [1.29, 1.82) is 0 Å². The van der Waals surface area contributed by atoms with E-state index >= 15 is 0 Å². The highest BCUT2D eigenvalue weighted by molar-refractivity contribution is 4.50. The first-order valence-corrected chi connectivity index (χ1v) is 13.1. The molecule has 3 nitrogen and oxygen atoms in total. The van der Waals surface area contributed by atoms with E-state index in [1.54, 1.807) is 0 Å². The lowest BCUT2D eigenvalue weighted by atomic mass is 10.0. The minimum absolute atomic E-state index is 0.687. The molecule has 176 valence electrons. The van der Waals surface area contributed by atoms with Gasteiger partial charge in [0.15, 0.2) is 0 Å². The van der Waals surface area contributed by atoms with Gasteiger partial charge in [0.2, 0.25) is 0 Å². The van der Waals surface area contributed by atoms with Gasteiger partial charge >= 0.3 is 0 Å². The molecule has 0 unspecified atom stereocenters. The van der Waals surface area contributed by atoms with Crippen molar-refractivity contribution >= 4 is 0 Å². The molecular weight excluding hydrogens is 360 g/mol. The summed E-state index contributed by atoms with van der Waals surface area (Å²) < 4.78 is 16.6. The quantitative estimate of drug-likeness (QED) is 0.134. The van der Waals surface area contributed by atoms with E-state index in [1.165, 1.54) is 109 Å². The van der Waals surface area contributed by atoms with Crippen molar-refractivity contribution in [1.82, 2.24) is 0 Å². The Morgan fingerprint density at radius 3 is 0.931 bits per heavy atom. The fourth-order valence-corrected chi connectivity index (χ4v) is 3.54. The lowest BCUT2D eigenvalue weighted by Gasteiger charge is -2.07. The van der Waals surface area contributed by atoms with E-state index in [0.717, 1.165) is 19.6 Å². The Morgan fingerprint density at radius 1 is 0.276 bits per heavy atom. The molecule has 0 heterocycles. The lowest BCUT2D eigenvalue weighted by Crippen LogP contribution is -2.10. The largest absolute Gasteiger partial charge is 0.379 e. The van der Waals surface area contributed by atoms with Crippen LogP contribution in [0.2, 0.25) is 0 Å². The van der Waals surface area contributed by atoms with Crippen molar-refractivity contribution in [3.63, 3.8) is 0 Å². The molecular formula is C26H54O3. The Hall–Kier alpha value is -0.120. The van der Waals surface area contributed by atoms with Gasteiger partial charge in [-0.25, -0.2) is 0 Å². The second kappa shape index (κ2) is 27.9. The molecule has 0 N–H and O–H groups in total. The van der Waals surface area contributed by atoms with E-state index < -0.39 is 0 Å². The zero-order chi connectivity index (χ0) is 21.1. The van der Waals surface area contributed by atoms with Gasteiger partial charge in [-0.1, -0.05) is 117 Å². The van der Waals surface area contributed by atoms with Gasteiger partial charge in [-0.05, 0) is 12.8 Å². The standard InChI is InChI=1S/C26H54O3/c1-3-5-7-8-9-10-11-12-13-14-15-16-17-18-19-20-22-28-24-26-29-25-23-27-21-6-4-2/h3-26H2,1-2H3. The second-order valence-electron chi connectivity index (χ2n) is 8.49. The van der Waals surface area contributed by atoms with E-state index in [9.17, 15) is 0 Å². The van der Waals surface area contributed by atoms with Gasteiger partial charge in [0.05, 0.1) is 26.4 Å². The van der Waals surface area contributed by atoms with Crippen LogP contribution in [0.25, 0.3) is 0 Å². The normalized spacial score (nSPS) is 11.4. The van der Waals surface area contributed by atoms with Crippen molar-refractivity contribution in [2.75, 3.05) is 39.6 Å². The van der Waals surface area contributed by atoms with Crippen molar-refractivity contribution in [2.45, 2.75) is 129 Å². The number of unbranched alkanes of at least 4 members (excludes halogenated alkanes) is 16. The summed E-state index contributed by atoms with van der Waals surface area (Å²) >= 11 is 0. The lowest BCUT2D eigenvalue weighted by molar-refractivity contribution is 0.0134. The Bertz CT molecular complexity index is 245. The summed E-state index contributed by atoms with van der Waals surface area (Å²) in [5.74, 6) is 0. The third-order valence-electron chi connectivity index (χ3n) is 5.53. The van der Waals surface area contributed by atoms with Crippen LogP contribution in [-0.2, 0) is 14.2 Å². The Labute approximate surface area is 183 Å². The Kier molecular flexibility index (Phi) is 27.8. The molecule has 0 atom stereocenters. The van der Waals surface area contributed by atoms with Gasteiger partial charge in [-0.3, -0.25) is 0 Å². The van der Waals surface area contributed by atoms with Crippen LogP contribution in [0.5, 0.6) is 0 Å². The molecule has 29 heavy (non-hydrogen) atoms. The molecule has 0 aromatic carbocycles. The van der Waals surface area contributed by atoms with E-state index in [1.807, 2.05) is 0 Å². The molecule has 0 rings (SSSR count). The predicted octanol–water partition coefficient (Wildman–Crippen LogP) is 8.10. The fourth-order valence-electron chi connectivity index (χ4n) is 3.54. The molecule has 0 fully saturated rings. The van der Waals surface area contributed by atoms with Gasteiger partial charge in [0, 0.05) is 13.2 Å². The highest BCUT2D eigenvalue weighted by Crippen LogP contribution is 2.13. The van der Waals surface area contributed by atoms with Gasteiger partial charge < -0.3 is 14.2 Å². The zero-order valence-electron chi connectivity index (χ0n) is 20.2. The van der Waals surface area contributed by atoms with Gasteiger partial charge in [0.1, 0.15) is 0 Å². The summed E-state index contributed by atoms with van der Waals surface area (Å²) in [5.41, 5.74) is 0. The average molecular weight is 415 g/mol. The topological polar surface area (TPSA) is 27.7 Å². The van der Waals surface area contributed by atoms with E-state index in [4.69, 9.17) is 14.2 Å². The number of hydrogen-bond donors (Lipinski definition) is 0. The van der Waals surface area contributed by atoms with Crippen LogP contribution in [-0.4, -0.2) is 39.6 Å². The van der Waals surface area contributed by atoms with Crippen molar-refractivity contribution < 1.29 is 14.2 Å². The fraction of sp³-hybridized carbons (Fsp3) is 1.00. The van der Waals surface area contributed by atoms with Crippen LogP contribution in [0.15, 0.2) is 0 Å². The van der Waals surface area contributed by atoms with Gasteiger partial charge in [-0.15, -0.1) is 0 Å². The van der Waals surface area contributed by atoms with Crippen LogP contribution in [0.4, 0.5) is 0 Å². The van der Waals surface area contributed by atoms with Crippen molar-refractivity contribution in [3.8, 4) is 0 Å². The minimum Gasteiger partial charge on any atom is -0.379 e. The summed E-state index contributed by atoms with van der Waals surface area (Å²) in [6.45, 7) is 9.01. The first kappa shape index (κ1) is 28.9. The molecule has 0 saturated heterocycles. The summed E-state index contributed by atoms with van der Waals surface area (Å²) in [6.07, 6.45) is 24.9. The molecule has 0 radical (unpaired) electrons. The van der Waals surface area contributed by atoms with Crippen molar-refractivity contribution in [2.24, 2.45) is 0 Å². The molecule has 0 aliphatic carbocycles. The zero-order valence-corrected chi connectivity index (χ0v) is 20.2. The first-order chi connectivity index (χ1) is 14.4. The molecule has 0 bridgehead atoms. The van der Waals surface area contributed by atoms with Gasteiger partial charge in [0.25, 0.3) is 0 Å². The second-order valence-corrected chi connectivity index (χ2v) is 8.49. The molecule has 0 amide bonds. The smallest absolute Gasteiger partial charge is 0.0701 e. The van der Waals surface area contributed by atoms with Crippen LogP contribution >= 0.6 is 0 Å². The summed E-state index contributed by atoms with van der Waals surface area (Å²) in [7, 11) is 0. The van der Waals surface area contributed by atoms with Crippen LogP contribution in [0.1, 0.15) is 129 Å². The summed E-state index contributed by atoms with van der Waals surface area (Å²) in [5, 5.41) is 0. The third kappa shape index (κ3) is 27.9. The monoisotopic (exact) mass is 414 g/mol. The maximum atomic E-state index is 5.63. The van der Waals surface area contributed by atoms with Crippen LogP contribution < -0.4 is 0 Å². The van der Waals surface area contributed by atoms with Crippen LogP contribution in [0, 0.1) is 0 Å². The molecule has 0 aromatic rings. The SMILES string of the molecule is CCCCCCCCCCCCCCCCCCOCCOCCOCCCC. The molecule has 0 aliphatic rings. The predicted molar refractivity (Wildman–Crippen MR) is 127 cm³/mol. The highest BCUT2D eigenvalue weighted by atomic mass is 16.5. The first-order valence-electron chi connectivity index (χ1n) is 13.1. The van der Waals surface area contributed by atoms with E-state index in [2.05, 4.69) is 13.8 Å². The number of hydrogen-bond acceptors (Lipinski definition) is 3. The minimum atomic E-state index is 0.687. The maximum Gasteiger partial charge on any atom is 0.0701 e. The molecule has 0 saturated carbocycles. The number of rotatable bonds is 26. The average Bonchev–Trinajstić information content (AvgIpc) is 2.74. The van der Waals surface area contributed by atoms with E-state index in [-0.39, 0.29) is 0 Å². The van der Waals surface area contributed by atoms with E-state index in [0.29, 0.717) is 26.4 Å². The number of ether oxygens (including phenoxy) is 3. The molecule has 0 aliphatic heterocycles. The Morgan fingerprint density at radius 2 is 0.552 bits per heavy atom. The molecule has 0 spiro atoms. The van der Waals surface area contributed by atoms with Crippen LogP contribution in [0.3, 0.4) is 0 Å². The van der Waals surface area contributed by atoms with Crippen molar-refractivity contribution in [3.05, 3.63) is 0 Å².